The molecule has 0 bridgehead atoms. The van der Waals surface area contributed by atoms with Crippen LogP contribution < -0.4 is 16.3 Å². The second-order valence-electron chi connectivity index (χ2n) is 9.56. The largest absolute Gasteiger partial charge is 0.480 e. The lowest BCUT2D eigenvalue weighted by Crippen LogP contribution is -2.70. The molecule has 0 saturated carbocycles. The first-order valence-corrected chi connectivity index (χ1v) is 12.9. The average molecular weight is 556 g/mol. The van der Waals surface area contributed by atoms with Gasteiger partial charge in [-0.05, 0) is 49.7 Å². The molecule has 12 heteroatoms. The van der Waals surface area contributed by atoms with Crippen molar-refractivity contribution in [1.82, 2.24) is 10.2 Å². The summed E-state index contributed by atoms with van der Waals surface area (Å²) in [4.78, 5) is 63.9. The van der Waals surface area contributed by atoms with E-state index in [1.807, 2.05) is 0 Å². The zero-order valence-corrected chi connectivity index (χ0v) is 21.8. The molecule has 3 N–H and O–H groups in total. The molecular formula is C26H22ClN3O7S. The van der Waals surface area contributed by atoms with Crippen molar-refractivity contribution in [3.63, 3.8) is 0 Å². The van der Waals surface area contributed by atoms with Crippen LogP contribution in [0.2, 0.25) is 5.02 Å². The van der Waals surface area contributed by atoms with Crippen molar-refractivity contribution in [2.24, 2.45) is 0 Å². The molecule has 2 aliphatic heterocycles. The molecule has 196 valence electrons. The molecule has 3 aromatic rings. The van der Waals surface area contributed by atoms with Crippen molar-refractivity contribution in [3.05, 3.63) is 75.1 Å². The third kappa shape index (κ3) is 4.52. The minimum absolute atomic E-state index is 0.161. The van der Waals surface area contributed by atoms with E-state index in [-0.39, 0.29) is 17.6 Å². The van der Waals surface area contributed by atoms with Crippen LogP contribution in [0.1, 0.15) is 29.8 Å². The Morgan fingerprint density at radius 3 is 2.61 bits per heavy atom. The number of amides is 3. The molecule has 2 saturated heterocycles. The highest BCUT2D eigenvalue weighted by Gasteiger charge is 2.64. The second kappa shape index (κ2) is 9.48. The Balaban J connectivity index is 1.29. The first-order valence-electron chi connectivity index (χ1n) is 11.6. The number of rotatable bonds is 6. The van der Waals surface area contributed by atoms with Crippen LogP contribution in [-0.2, 0) is 20.8 Å². The summed E-state index contributed by atoms with van der Waals surface area (Å²) in [6.07, 6.45) is -0.161. The van der Waals surface area contributed by atoms with Gasteiger partial charge in [0.15, 0.2) is 0 Å². The lowest BCUT2D eigenvalue weighted by atomic mass is 9.96. The Morgan fingerprint density at radius 2 is 1.87 bits per heavy atom. The van der Waals surface area contributed by atoms with E-state index in [0.717, 1.165) is 0 Å². The minimum Gasteiger partial charge on any atom is -0.480 e. The average Bonchev–Trinajstić information content (AvgIpc) is 3.11. The Labute approximate surface area is 225 Å². The normalized spacial score (nSPS) is 21.5. The molecular weight excluding hydrogens is 534 g/mol. The van der Waals surface area contributed by atoms with Gasteiger partial charge >= 0.3 is 11.6 Å². The molecule has 38 heavy (non-hydrogen) atoms. The molecule has 10 nitrogen and oxygen atoms in total. The number of aliphatic carboxylic acids is 1. The number of fused-ring (bicyclic) bond motifs is 2. The maximum atomic E-state index is 12.9. The highest BCUT2D eigenvalue weighted by Crippen LogP contribution is 2.50. The number of carboxylic acids is 1. The smallest absolute Gasteiger partial charge is 0.349 e. The van der Waals surface area contributed by atoms with Gasteiger partial charge in [-0.2, -0.15) is 0 Å². The van der Waals surface area contributed by atoms with Crippen molar-refractivity contribution in [2.45, 2.75) is 42.5 Å². The first kappa shape index (κ1) is 25.8. The van der Waals surface area contributed by atoms with Gasteiger partial charge in [0, 0.05) is 20.8 Å². The number of halogens is 1. The predicted octanol–water partition coefficient (Wildman–Crippen LogP) is 2.87. The Morgan fingerprint density at radius 1 is 1.13 bits per heavy atom. The Kier molecular flexibility index (Phi) is 6.44. The van der Waals surface area contributed by atoms with Gasteiger partial charge < -0.3 is 25.1 Å². The van der Waals surface area contributed by atoms with E-state index in [4.69, 9.17) is 16.0 Å². The summed E-state index contributed by atoms with van der Waals surface area (Å²) in [5.41, 5.74) is 0.000961. The van der Waals surface area contributed by atoms with E-state index >= 15 is 0 Å². The van der Waals surface area contributed by atoms with Gasteiger partial charge in [-0.3, -0.25) is 14.4 Å². The number of nitrogens with zero attached hydrogens (tertiary/aromatic N) is 1. The predicted molar refractivity (Wildman–Crippen MR) is 141 cm³/mol. The topological polar surface area (TPSA) is 146 Å². The fraction of sp³-hybridized carbons (Fsp3) is 0.269. The van der Waals surface area contributed by atoms with Crippen LogP contribution in [0.25, 0.3) is 11.0 Å². The van der Waals surface area contributed by atoms with Crippen LogP contribution in [0.3, 0.4) is 0 Å². The molecule has 2 aromatic carbocycles. The standard InChI is InChI=1S/C26H22ClN3O7S/c1-26(2)20(24(34)35)30-22(33)19(23(30)38-26)29-18(31)11-12-5-3-4-6-16(12)28-21(32)15-10-13-9-14(27)7-8-17(13)37-25(15)36/h3-10,19-20,23H,11H2,1-2H3,(H,28,32)(H,29,31)(H,34,35)/t19?,20-,23+/m0/s1. The van der Waals surface area contributed by atoms with Crippen LogP contribution in [-0.4, -0.2) is 55.9 Å². The molecule has 5 rings (SSSR count). The molecule has 0 aliphatic carbocycles. The number of hydrogen-bond donors (Lipinski definition) is 3. The van der Waals surface area contributed by atoms with Gasteiger partial charge in [-0.15, -0.1) is 11.8 Å². The number of thioether (sulfide) groups is 1. The summed E-state index contributed by atoms with van der Waals surface area (Å²) in [7, 11) is 0. The zero-order valence-electron chi connectivity index (χ0n) is 20.2. The number of carboxylic acid groups (broad SMARTS) is 1. The van der Waals surface area contributed by atoms with Crippen molar-refractivity contribution < 1.29 is 28.7 Å². The molecule has 3 heterocycles. The van der Waals surface area contributed by atoms with E-state index in [1.165, 1.54) is 28.8 Å². The van der Waals surface area contributed by atoms with Crippen LogP contribution in [0.15, 0.2) is 57.7 Å². The molecule has 0 spiro atoms. The molecule has 2 fully saturated rings. The summed E-state index contributed by atoms with van der Waals surface area (Å²) in [5, 5.41) is 15.3. The van der Waals surface area contributed by atoms with Crippen LogP contribution in [0.5, 0.6) is 0 Å². The zero-order chi connectivity index (χ0) is 27.4. The highest BCUT2D eigenvalue weighted by atomic mass is 35.5. The van der Waals surface area contributed by atoms with Gasteiger partial charge in [-0.1, -0.05) is 29.8 Å². The molecule has 3 amide bonds. The van der Waals surface area contributed by atoms with E-state index in [2.05, 4.69) is 10.6 Å². The van der Waals surface area contributed by atoms with Crippen molar-refractivity contribution in [3.8, 4) is 0 Å². The minimum atomic E-state index is -1.09. The summed E-state index contributed by atoms with van der Waals surface area (Å²) in [6, 6.07) is 10.8. The van der Waals surface area contributed by atoms with E-state index in [9.17, 15) is 29.1 Å². The molecule has 3 atom stereocenters. The van der Waals surface area contributed by atoms with E-state index in [1.54, 1.807) is 50.2 Å². The number of hydrogen-bond acceptors (Lipinski definition) is 7. The molecule has 2 aliphatic rings. The molecule has 1 aromatic heterocycles. The maximum absolute atomic E-state index is 12.9. The maximum Gasteiger partial charge on any atom is 0.349 e. The van der Waals surface area contributed by atoms with Gasteiger partial charge in [0.2, 0.25) is 11.8 Å². The van der Waals surface area contributed by atoms with Crippen molar-refractivity contribution >= 4 is 63.7 Å². The Hall–Kier alpha value is -3.83. The monoisotopic (exact) mass is 555 g/mol. The number of para-hydroxylation sites is 1. The number of carbonyl (C=O) groups is 4. The summed E-state index contributed by atoms with van der Waals surface area (Å²) in [6.45, 7) is 3.51. The lowest BCUT2D eigenvalue weighted by Gasteiger charge is -2.43. The van der Waals surface area contributed by atoms with Crippen molar-refractivity contribution in [2.75, 3.05) is 5.32 Å². The third-order valence-corrected chi connectivity index (χ3v) is 8.35. The number of anilines is 1. The summed E-state index contributed by atoms with van der Waals surface area (Å²) >= 11 is 7.34. The fourth-order valence-corrected chi connectivity index (χ4v) is 6.59. The number of carbonyl (C=O) groups excluding carboxylic acids is 3. The van der Waals surface area contributed by atoms with Crippen molar-refractivity contribution in [1.29, 1.82) is 0 Å². The van der Waals surface area contributed by atoms with Gasteiger partial charge in [0.05, 0.1) is 6.42 Å². The third-order valence-electron chi connectivity index (χ3n) is 6.55. The SMILES string of the molecule is CC1(C)S[C@@H]2C(NC(=O)Cc3ccccc3NC(=O)c3cc4cc(Cl)ccc4oc3=O)C(=O)N2[C@H]1C(=O)O. The van der Waals surface area contributed by atoms with E-state index < -0.39 is 51.5 Å². The number of nitrogens with one attached hydrogen (secondary N) is 2. The first-order chi connectivity index (χ1) is 18.0. The highest BCUT2D eigenvalue weighted by molar-refractivity contribution is 8.01. The number of benzene rings is 2. The van der Waals surface area contributed by atoms with Crippen LogP contribution in [0, 0.1) is 0 Å². The quantitative estimate of drug-likeness (QED) is 0.311. The van der Waals surface area contributed by atoms with Crippen LogP contribution in [0.4, 0.5) is 5.69 Å². The van der Waals surface area contributed by atoms with Crippen LogP contribution >= 0.6 is 23.4 Å². The summed E-state index contributed by atoms with van der Waals surface area (Å²) < 4.78 is 4.53. The fourth-order valence-electron chi connectivity index (χ4n) is 4.78. The number of β-lactam (4-membered cyclic amide) rings is 1. The molecule has 1 unspecified atom stereocenters. The van der Waals surface area contributed by atoms with Gasteiger partial charge in [-0.25, -0.2) is 9.59 Å². The van der Waals surface area contributed by atoms with Gasteiger partial charge in [0.25, 0.3) is 5.91 Å². The summed E-state index contributed by atoms with van der Waals surface area (Å²) in [5.74, 6) is -2.72. The Bertz CT molecular complexity index is 1570. The second-order valence-corrected chi connectivity index (χ2v) is 11.8. The lowest BCUT2D eigenvalue weighted by molar-refractivity contribution is -0.161. The van der Waals surface area contributed by atoms with E-state index in [0.29, 0.717) is 21.7 Å². The van der Waals surface area contributed by atoms with Gasteiger partial charge in [0.1, 0.15) is 28.6 Å². The molecule has 0 radical (unpaired) electrons.